The highest BCUT2D eigenvalue weighted by Gasteiger charge is 2.15. The fourth-order valence-corrected chi connectivity index (χ4v) is 1.55. The van der Waals surface area contributed by atoms with Gasteiger partial charge in [0.25, 0.3) is 0 Å². The van der Waals surface area contributed by atoms with Gasteiger partial charge in [-0.15, -0.1) is 0 Å². The lowest BCUT2D eigenvalue weighted by Crippen LogP contribution is -1.99. The molecule has 4 nitrogen and oxygen atoms in total. The van der Waals surface area contributed by atoms with Crippen LogP contribution in [-0.2, 0) is 7.05 Å². The van der Waals surface area contributed by atoms with Gasteiger partial charge in [-0.2, -0.15) is 5.10 Å². The van der Waals surface area contributed by atoms with Crippen LogP contribution in [0.3, 0.4) is 0 Å². The fraction of sp³-hybridized carbons (Fsp3) is 0.200. The number of aryl methyl sites for hydroxylation is 2. The van der Waals surface area contributed by atoms with Crippen LogP contribution in [0.15, 0.2) is 12.1 Å². The maximum Gasteiger partial charge on any atom is 0.338 e. The summed E-state index contributed by atoms with van der Waals surface area (Å²) >= 11 is 0. The SMILES string of the molecule is Cc1c2cc(F)cc(C(=O)O)c2nn1C. The number of aromatic nitrogens is 2. The van der Waals surface area contributed by atoms with Gasteiger partial charge in [-0.3, -0.25) is 4.68 Å². The fourth-order valence-electron chi connectivity index (χ4n) is 1.55. The first kappa shape index (κ1) is 9.64. The molecule has 0 saturated heterocycles. The molecule has 2 aromatic rings. The van der Waals surface area contributed by atoms with Crippen molar-refractivity contribution in [3.8, 4) is 0 Å². The van der Waals surface area contributed by atoms with Crippen molar-refractivity contribution >= 4 is 16.9 Å². The number of fused-ring (bicyclic) bond motifs is 1. The summed E-state index contributed by atoms with van der Waals surface area (Å²) in [5.41, 5.74) is 0.963. The Kier molecular flexibility index (Phi) is 1.96. The minimum absolute atomic E-state index is 0.103. The predicted octanol–water partition coefficient (Wildman–Crippen LogP) is 1.72. The number of carbonyl (C=O) groups is 1. The Bertz CT molecular complexity index is 560. The molecule has 0 saturated carbocycles. The van der Waals surface area contributed by atoms with Crippen LogP contribution in [0, 0.1) is 12.7 Å². The molecule has 2 rings (SSSR count). The normalized spacial score (nSPS) is 10.9. The molecule has 0 atom stereocenters. The number of rotatable bonds is 1. The largest absolute Gasteiger partial charge is 0.478 e. The molecule has 0 fully saturated rings. The molecule has 0 spiro atoms. The minimum Gasteiger partial charge on any atom is -0.478 e. The highest BCUT2D eigenvalue weighted by molar-refractivity contribution is 6.02. The average Bonchev–Trinajstić information content (AvgIpc) is 2.43. The first-order chi connectivity index (χ1) is 7.00. The van der Waals surface area contributed by atoms with Crippen LogP contribution < -0.4 is 0 Å². The van der Waals surface area contributed by atoms with Crippen LogP contribution in [0.4, 0.5) is 4.39 Å². The number of benzene rings is 1. The van der Waals surface area contributed by atoms with Crippen LogP contribution in [0.1, 0.15) is 16.1 Å². The lowest BCUT2D eigenvalue weighted by atomic mass is 10.1. The Morgan fingerprint density at radius 1 is 1.53 bits per heavy atom. The van der Waals surface area contributed by atoms with Crippen molar-refractivity contribution in [3.05, 3.63) is 29.2 Å². The van der Waals surface area contributed by atoms with Crippen LogP contribution in [0.2, 0.25) is 0 Å². The van der Waals surface area contributed by atoms with Crippen LogP contribution >= 0.6 is 0 Å². The van der Waals surface area contributed by atoms with Gasteiger partial charge in [-0.1, -0.05) is 0 Å². The van der Waals surface area contributed by atoms with Gasteiger partial charge >= 0.3 is 5.97 Å². The van der Waals surface area contributed by atoms with Crippen molar-refractivity contribution in [2.75, 3.05) is 0 Å². The van der Waals surface area contributed by atoms with E-state index in [1.807, 2.05) is 0 Å². The third kappa shape index (κ3) is 1.36. The second-order valence-electron chi connectivity index (χ2n) is 3.36. The topological polar surface area (TPSA) is 55.1 Å². The van der Waals surface area contributed by atoms with E-state index in [1.165, 1.54) is 10.7 Å². The molecule has 0 aliphatic rings. The third-order valence-electron chi connectivity index (χ3n) is 2.43. The van der Waals surface area contributed by atoms with E-state index in [0.717, 1.165) is 11.8 Å². The Hall–Kier alpha value is -1.91. The molecule has 0 bridgehead atoms. The van der Waals surface area contributed by atoms with Crippen molar-refractivity contribution in [2.45, 2.75) is 6.92 Å². The first-order valence-corrected chi connectivity index (χ1v) is 4.37. The monoisotopic (exact) mass is 208 g/mol. The van der Waals surface area contributed by atoms with E-state index >= 15 is 0 Å². The molecule has 1 aromatic carbocycles. The van der Waals surface area contributed by atoms with Gasteiger partial charge in [-0.05, 0) is 19.1 Å². The standard InChI is InChI=1S/C10H9FN2O2/c1-5-7-3-6(11)4-8(10(14)15)9(7)12-13(5)2/h3-4H,1-2H3,(H,14,15). The minimum atomic E-state index is -1.17. The van der Waals surface area contributed by atoms with E-state index < -0.39 is 11.8 Å². The first-order valence-electron chi connectivity index (χ1n) is 4.37. The molecule has 0 amide bonds. The molecule has 5 heteroatoms. The van der Waals surface area contributed by atoms with Crippen molar-refractivity contribution < 1.29 is 14.3 Å². The van der Waals surface area contributed by atoms with Crippen LogP contribution in [0.5, 0.6) is 0 Å². The van der Waals surface area contributed by atoms with E-state index in [9.17, 15) is 9.18 Å². The molecule has 1 N–H and O–H groups in total. The van der Waals surface area contributed by atoms with Crippen molar-refractivity contribution in [3.63, 3.8) is 0 Å². The highest BCUT2D eigenvalue weighted by Crippen LogP contribution is 2.22. The summed E-state index contributed by atoms with van der Waals surface area (Å²) in [6.45, 7) is 1.76. The smallest absolute Gasteiger partial charge is 0.338 e. The van der Waals surface area contributed by atoms with E-state index in [0.29, 0.717) is 10.9 Å². The van der Waals surface area contributed by atoms with E-state index in [2.05, 4.69) is 5.10 Å². The molecule has 1 aromatic heterocycles. The average molecular weight is 208 g/mol. The summed E-state index contributed by atoms with van der Waals surface area (Å²) < 4.78 is 14.7. The lowest BCUT2D eigenvalue weighted by Gasteiger charge is -1.96. The maximum atomic E-state index is 13.1. The number of hydrogen-bond acceptors (Lipinski definition) is 2. The van der Waals surface area contributed by atoms with Gasteiger partial charge in [-0.25, -0.2) is 9.18 Å². The van der Waals surface area contributed by atoms with Crippen LogP contribution in [0.25, 0.3) is 10.9 Å². The summed E-state index contributed by atoms with van der Waals surface area (Å²) in [5, 5.41) is 13.5. The molecule has 0 aliphatic carbocycles. The third-order valence-corrected chi connectivity index (χ3v) is 2.43. The van der Waals surface area contributed by atoms with Gasteiger partial charge < -0.3 is 5.11 Å². The Morgan fingerprint density at radius 3 is 2.80 bits per heavy atom. The van der Waals surface area contributed by atoms with Gasteiger partial charge in [0, 0.05) is 18.1 Å². The number of nitrogens with zero attached hydrogens (tertiary/aromatic N) is 2. The summed E-state index contributed by atoms with van der Waals surface area (Å²) in [5.74, 6) is -1.73. The number of aromatic carboxylic acids is 1. The number of halogens is 1. The predicted molar refractivity (Wildman–Crippen MR) is 52.4 cm³/mol. The van der Waals surface area contributed by atoms with Gasteiger partial charge in [0.05, 0.1) is 5.56 Å². The molecule has 0 aliphatic heterocycles. The summed E-state index contributed by atoms with van der Waals surface area (Å²) in [6, 6.07) is 2.28. The quantitative estimate of drug-likeness (QED) is 0.776. The summed E-state index contributed by atoms with van der Waals surface area (Å²) in [7, 11) is 1.69. The van der Waals surface area contributed by atoms with E-state index in [4.69, 9.17) is 5.11 Å². The molecular formula is C10H9FN2O2. The van der Waals surface area contributed by atoms with Gasteiger partial charge in [0.15, 0.2) is 0 Å². The second-order valence-corrected chi connectivity index (χ2v) is 3.36. The zero-order valence-electron chi connectivity index (χ0n) is 8.28. The summed E-state index contributed by atoms with van der Waals surface area (Å²) in [6.07, 6.45) is 0. The van der Waals surface area contributed by atoms with Crippen molar-refractivity contribution in [1.29, 1.82) is 0 Å². The van der Waals surface area contributed by atoms with E-state index in [-0.39, 0.29) is 5.56 Å². The Balaban J connectivity index is 2.92. The van der Waals surface area contributed by atoms with Gasteiger partial charge in [0.1, 0.15) is 11.3 Å². The molecule has 0 radical (unpaired) electrons. The second kappa shape index (κ2) is 3.05. The summed E-state index contributed by atoms with van der Waals surface area (Å²) in [4.78, 5) is 10.9. The number of carboxylic acids is 1. The Labute approximate surface area is 84.9 Å². The molecule has 15 heavy (non-hydrogen) atoms. The van der Waals surface area contributed by atoms with Crippen molar-refractivity contribution in [1.82, 2.24) is 9.78 Å². The van der Waals surface area contributed by atoms with E-state index in [1.54, 1.807) is 14.0 Å². The lowest BCUT2D eigenvalue weighted by molar-refractivity contribution is 0.0698. The van der Waals surface area contributed by atoms with Gasteiger partial charge in [0.2, 0.25) is 0 Å². The molecular weight excluding hydrogens is 199 g/mol. The number of carboxylic acid groups (broad SMARTS) is 1. The zero-order chi connectivity index (χ0) is 11.2. The molecule has 0 unspecified atom stereocenters. The molecule has 1 heterocycles. The molecule has 78 valence electrons. The van der Waals surface area contributed by atoms with Crippen LogP contribution in [-0.4, -0.2) is 20.9 Å². The maximum absolute atomic E-state index is 13.1. The van der Waals surface area contributed by atoms with Crippen molar-refractivity contribution in [2.24, 2.45) is 7.05 Å². The highest BCUT2D eigenvalue weighted by atomic mass is 19.1. The zero-order valence-corrected chi connectivity index (χ0v) is 8.28. The Morgan fingerprint density at radius 2 is 2.20 bits per heavy atom. The number of hydrogen-bond donors (Lipinski definition) is 1.